The van der Waals surface area contributed by atoms with E-state index in [1.165, 1.54) is 48.6 Å². The van der Waals surface area contributed by atoms with Gasteiger partial charge in [0.15, 0.2) is 8.07 Å². The summed E-state index contributed by atoms with van der Waals surface area (Å²) in [6.07, 6.45) is 0. The van der Waals surface area contributed by atoms with E-state index in [1.807, 2.05) is 0 Å². The maximum Gasteiger partial charge on any atom is 0.180 e. The standard InChI is InChI=1S/C31H24Si/c1-23-19-21-25(22-20-23)32(24-11-3-2-4-12-24)30-17-9-7-15-28(30)26-13-5-6-14-27(26)29-16-8-10-18-31(29)32/h2-22H,1H3. The highest BCUT2D eigenvalue weighted by Crippen LogP contribution is 2.35. The summed E-state index contributed by atoms with van der Waals surface area (Å²) in [6.45, 7) is 2.17. The van der Waals surface area contributed by atoms with Crippen molar-refractivity contribution in [1.82, 2.24) is 0 Å². The minimum absolute atomic E-state index is 1.30. The second kappa shape index (κ2) is 7.47. The Morgan fingerprint density at radius 3 is 1.31 bits per heavy atom. The van der Waals surface area contributed by atoms with Crippen LogP contribution in [0.1, 0.15) is 5.56 Å². The largest absolute Gasteiger partial charge is 0.180 e. The summed E-state index contributed by atoms with van der Waals surface area (Å²) in [5.41, 5.74) is 6.66. The molecule has 0 unspecified atom stereocenters. The van der Waals surface area contributed by atoms with E-state index in [2.05, 4.69) is 134 Å². The molecule has 0 radical (unpaired) electrons. The van der Waals surface area contributed by atoms with Crippen molar-refractivity contribution in [2.24, 2.45) is 0 Å². The van der Waals surface area contributed by atoms with E-state index in [-0.39, 0.29) is 0 Å². The SMILES string of the molecule is Cc1ccc([Si]2(c3ccccc3)c3ccccc3-c3ccccc3-c3ccccc32)cc1. The van der Waals surface area contributed by atoms with Gasteiger partial charge in [0.2, 0.25) is 0 Å². The van der Waals surface area contributed by atoms with Gasteiger partial charge in [-0.15, -0.1) is 0 Å². The second-order valence-electron chi connectivity index (χ2n) is 8.62. The molecule has 0 fully saturated rings. The summed E-state index contributed by atoms with van der Waals surface area (Å²) in [4.78, 5) is 0. The number of hydrogen-bond acceptors (Lipinski definition) is 0. The first-order valence-electron chi connectivity index (χ1n) is 11.2. The van der Waals surface area contributed by atoms with Crippen LogP contribution in [-0.4, -0.2) is 8.07 Å². The molecule has 1 heteroatoms. The highest BCUT2D eigenvalue weighted by atomic mass is 28.3. The van der Waals surface area contributed by atoms with E-state index in [0.717, 1.165) is 0 Å². The molecule has 1 heterocycles. The predicted octanol–water partition coefficient (Wildman–Crippen LogP) is 5.02. The van der Waals surface area contributed by atoms with Crippen LogP contribution in [0.15, 0.2) is 127 Å². The van der Waals surface area contributed by atoms with Crippen LogP contribution in [0.2, 0.25) is 0 Å². The van der Waals surface area contributed by atoms with Gasteiger partial charge in [-0.3, -0.25) is 0 Å². The second-order valence-corrected chi connectivity index (χ2v) is 12.4. The number of benzene rings is 5. The molecule has 0 atom stereocenters. The molecule has 6 rings (SSSR count). The maximum absolute atomic E-state index is 2.55. The molecule has 152 valence electrons. The summed E-state index contributed by atoms with van der Waals surface area (Å²) in [5.74, 6) is 0. The molecule has 0 saturated carbocycles. The maximum atomic E-state index is 2.38. The lowest BCUT2D eigenvalue weighted by atomic mass is 9.95. The molecular formula is C31H24Si. The molecule has 0 spiro atoms. The lowest BCUT2D eigenvalue weighted by molar-refractivity contribution is 1.49. The highest BCUT2D eigenvalue weighted by Gasteiger charge is 2.45. The Hall–Kier alpha value is -3.68. The fourth-order valence-corrected chi connectivity index (χ4v) is 10.6. The Bertz CT molecular complexity index is 1350. The minimum atomic E-state index is -2.55. The number of fused-ring (bicyclic) bond motifs is 5. The Morgan fingerprint density at radius 2 is 0.781 bits per heavy atom. The van der Waals surface area contributed by atoms with Crippen LogP contribution in [0.5, 0.6) is 0 Å². The zero-order chi connectivity index (χ0) is 21.5. The van der Waals surface area contributed by atoms with Gasteiger partial charge in [-0.25, -0.2) is 0 Å². The number of rotatable bonds is 2. The molecule has 0 aromatic heterocycles. The van der Waals surface area contributed by atoms with E-state index in [1.54, 1.807) is 0 Å². The van der Waals surface area contributed by atoms with Crippen molar-refractivity contribution < 1.29 is 0 Å². The van der Waals surface area contributed by atoms with E-state index < -0.39 is 8.07 Å². The first-order valence-corrected chi connectivity index (χ1v) is 13.2. The fourth-order valence-electron chi connectivity index (χ4n) is 5.47. The van der Waals surface area contributed by atoms with Gasteiger partial charge in [-0.1, -0.05) is 133 Å². The molecule has 5 aromatic carbocycles. The third-order valence-corrected chi connectivity index (χ3v) is 11.7. The van der Waals surface area contributed by atoms with Gasteiger partial charge < -0.3 is 0 Å². The van der Waals surface area contributed by atoms with Crippen molar-refractivity contribution in [2.45, 2.75) is 6.92 Å². The molecule has 1 aliphatic heterocycles. The molecule has 5 aromatic rings. The van der Waals surface area contributed by atoms with E-state index in [4.69, 9.17) is 0 Å². The normalized spacial score (nSPS) is 13.4. The highest BCUT2D eigenvalue weighted by molar-refractivity contribution is 7.21. The summed E-state index contributed by atoms with van der Waals surface area (Å²) in [7, 11) is -2.55. The van der Waals surface area contributed by atoms with E-state index in [0.29, 0.717) is 0 Å². The average molecular weight is 425 g/mol. The smallest absolute Gasteiger partial charge is 0.0623 e. The van der Waals surface area contributed by atoms with Gasteiger partial charge >= 0.3 is 0 Å². The Kier molecular flexibility index (Phi) is 4.45. The lowest BCUT2D eigenvalue weighted by Crippen LogP contribution is -2.75. The zero-order valence-electron chi connectivity index (χ0n) is 18.1. The van der Waals surface area contributed by atoms with Gasteiger partial charge in [0.25, 0.3) is 0 Å². The Labute approximate surface area is 190 Å². The van der Waals surface area contributed by atoms with Gasteiger partial charge in [-0.05, 0) is 49.9 Å². The Morgan fingerprint density at radius 1 is 0.375 bits per heavy atom. The summed E-state index contributed by atoms with van der Waals surface area (Å²) >= 11 is 0. The van der Waals surface area contributed by atoms with Gasteiger partial charge in [-0.2, -0.15) is 0 Å². The lowest BCUT2D eigenvalue weighted by Gasteiger charge is -2.35. The van der Waals surface area contributed by atoms with Crippen LogP contribution in [-0.2, 0) is 0 Å². The van der Waals surface area contributed by atoms with Gasteiger partial charge in [0.1, 0.15) is 0 Å². The van der Waals surface area contributed by atoms with E-state index in [9.17, 15) is 0 Å². The van der Waals surface area contributed by atoms with Crippen LogP contribution in [0.4, 0.5) is 0 Å². The average Bonchev–Trinajstić information content (AvgIpc) is 2.97. The van der Waals surface area contributed by atoms with Crippen LogP contribution in [0.25, 0.3) is 22.3 Å². The van der Waals surface area contributed by atoms with Crippen molar-refractivity contribution >= 4 is 28.8 Å². The topological polar surface area (TPSA) is 0 Å². The van der Waals surface area contributed by atoms with Crippen LogP contribution >= 0.6 is 0 Å². The predicted molar refractivity (Wildman–Crippen MR) is 139 cm³/mol. The molecule has 1 aliphatic rings. The number of aryl methyl sites for hydroxylation is 1. The third kappa shape index (κ3) is 2.68. The molecule has 0 saturated heterocycles. The number of hydrogen-bond donors (Lipinski definition) is 0. The Balaban J connectivity index is 1.87. The molecule has 0 N–H and O–H groups in total. The van der Waals surface area contributed by atoms with Crippen LogP contribution in [0.3, 0.4) is 0 Å². The van der Waals surface area contributed by atoms with Crippen molar-refractivity contribution in [1.29, 1.82) is 0 Å². The summed E-state index contributed by atoms with van der Waals surface area (Å²) in [6, 6.07) is 47.6. The molecular weight excluding hydrogens is 400 g/mol. The van der Waals surface area contributed by atoms with E-state index >= 15 is 0 Å². The van der Waals surface area contributed by atoms with Crippen LogP contribution in [0, 0.1) is 6.92 Å². The van der Waals surface area contributed by atoms with Gasteiger partial charge in [0.05, 0.1) is 0 Å². The van der Waals surface area contributed by atoms with Crippen molar-refractivity contribution in [2.75, 3.05) is 0 Å². The summed E-state index contributed by atoms with van der Waals surface area (Å²) in [5, 5.41) is 5.79. The molecule has 0 nitrogen and oxygen atoms in total. The summed E-state index contributed by atoms with van der Waals surface area (Å²) < 4.78 is 0. The van der Waals surface area contributed by atoms with Crippen molar-refractivity contribution in [3.63, 3.8) is 0 Å². The first kappa shape index (κ1) is 19.0. The minimum Gasteiger partial charge on any atom is -0.0623 e. The van der Waals surface area contributed by atoms with Crippen molar-refractivity contribution in [3.8, 4) is 22.3 Å². The quantitative estimate of drug-likeness (QED) is 0.343. The molecule has 0 amide bonds. The zero-order valence-corrected chi connectivity index (χ0v) is 19.1. The van der Waals surface area contributed by atoms with Crippen LogP contribution < -0.4 is 20.7 Å². The fraction of sp³-hybridized carbons (Fsp3) is 0.0323. The monoisotopic (exact) mass is 424 g/mol. The molecule has 0 bridgehead atoms. The van der Waals surface area contributed by atoms with Crippen molar-refractivity contribution in [3.05, 3.63) is 133 Å². The molecule has 32 heavy (non-hydrogen) atoms. The first-order chi connectivity index (χ1) is 15.8. The van der Waals surface area contributed by atoms with Gasteiger partial charge in [0, 0.05) is 0 Å². The third-order valence-electron chi connectivity index (χ3n) is 6.86. The molecule has 0 aliphatic carbocycles.